The van der Waals surface area contributed by atoms with Crippen LogP contribution in [0.4, 0.5) is 0 Å². The average Bonchev–Trinajstić information content (AvgIpc) is 2.04. The van der Waals surface area contributed by atoms with Crippen LogP contribution >= 0.6 is 0 Å². The summed E-state index contributed by atoms with van der Waals surface area (Å²) in [5, 5.41) is 9.35. The lowest BCUT2D eigenvalue weighted by molar-refractivity contribution is -0.139. The van der Waals surface area contributed by atoms with Crippen LogP contribution in [0, 0.1) is 5.92 Å². The highest BCUT2D eigenvalue weighted by molar-refractivity contribution is 5.89. The fraction of sp³-hybridized carbons (Fsp3) is 0.545. The van der Waals surface area contributed by atoms with E-state index in [2.05, 4.69) is 0 Å². The van der Waals surface area contributed by atoms with E-state index in [1.54, 1.807) is 6.92 Å². The molecule has 0 spiro atoms. The number of carbonyl (C=O) groups excluding carboxylic acids is 1. The first-order valence-corrected chi connectivity index (χ1v) is 4.74. The van der Waals surface area contributed by atoms with Crippen molar-refractivity contribution in [2.75, 3.05) is 6.61 Å². The summed E-state index contributed by atoms with van der Waals surface area (Å²) in [6, 6.07) is 0. The summed E-state index contributed by atoms with van der Waals surface area (Å²) in [5.41, 5.74) is 0.324. The fourth-order valence-corrected chi connectivity index (χ4v) is 1.26. The third-order valence-corrected chi connectivity index (χ3v) is 1.82. The fourth-order valence-electron chi connectivity index (χ4n) is 1.26. The van der Waals surface area contributed by atoms with Gasteiger partial charge in [-0.3, -0.25) is 0 Å². The minimum atomic E-state index is -0.446. The Kier molecular flexibility index (Phi) is 5.68. The van der Waals surface area contributed by atoms with Crippen LogP contribution in [0.2, 0.25) is 0 Å². The van der Waals surface area contributed by atoms with Crippen molar-refractivity contribution in [3.8, 4) is 0 Å². The van der Waals surface area contributed by atoms with Crippen LogP contribution in [0.25, 0.3) is 0 Å². The molecule has 0 aromatic heterocycles. The lowest BCUT2D eigenvalue weighted by Crippen LogP contribution is -2.14. The molecule has 1 atom stereocenters. The summed E-state index contributed by atoms with van der Waals surface area (Å²) >= 11 is 0. The van der Waals surface area contributed by atoms with Crippen molar-refractivity contribution in [3.63, 3.8) is 0 Å². The summed E-state index contributed by atoms with van der Waals surface area (Å²) in [7, 11) is 0. The molecule has 0 aliphatic rings. The van der Waals surface area contributed by atoms with E-state index < -0.39 is 5.97 Å². The molecule has 1 N–H and O–H groups in total. The van der Waals surface area contributed by atoms with Crippen molar-refractivity contribution in [2.45, 2.75) is 27.7 Å². The normalized spacial score (nSPS) is 15.1. The summed E-state index contributed by atoms with van der Waals surface area (Å²) in [6.45, 7) is 7.25. The number of aliphatic hydroxyl groups is 1. The van der Waals surface area contributed by atoms with E-state index in [1.807, 2.05) is 26.0 Å². The standard InChI is InChI=1S/C11H18O3/c1-5-7-8(3)10(9(4)12)11(13)14-6-2/h5,7-8,12H,6H2,1-4H3/b7-5+,10-9+. The van der Waals surface area contributed by atoms with Gasteiger partial charge in [0.2, 0.25) is 0 Å². The first-order chi connectivity index (χ1) is 6.54. The van der Waals surface area contributed by atoms with Gasteiger partial charge in [-0.15, -0.1) is 0 Å². The number of rotatable bonds is 4. The Balaban J connectivity index is 4.80. The Morgan fingerprint density at radius 3 is 2.50 bits per heavy atom. The van der Waals surface area contributed by atoms with Gasteiger partial charge in [-0.2, -0.15) is 0 Å². The molecule has 0 rings (SSSR count). The lowest BCUT2D eigenvalue weighted by Gasteiger charge is -2.11. The Hall–Kier alpha value is -1.25. The van der Waals surface area contributed by atoms with Crippen molar-refractivity contribution in [3.05, 3.63) is 23.5 Å². The molecule has 0 aromatic carbocycles. The van der Waals surface area contributed by atoms with Gasteiger partial charge in [0.05, 0.1) is 12.2 Å². The number of hydrogen-bond donors (Lipinski definition) is 1. The number of allylic oxidation sites excluding steroid dienone is 3. The zero-order valence-electron chi connectivity index (χ0n) is 9.20. The van der Waals surface area contributed by atoms with Crippen LogP contribution < -0.4 is 0 Å². The smallest absolute Gasteiger partial charge is 0.337 e. The van der Waals surface area contributed by atoms with Gasteiger partial charge in [-0.05, 0) is 20.8 Å². The zero-order valence-corrected chi connectivity index (χ0v) is 9.20. The monoisotopic (exact) mass is 198 g/mol. The molecular formula is C11H18O3. The lowest BCUT2D eigenvalue weighted by atomic mass is 9.99. The van der Waals surface area contributed by atoms with Crippen molar-refractivity contribution in [2.24, 2.45) is 5.92 Å². The van der Waals surface area contributed by atoms with E-state index in [9.17, 15) is 9.90 Å². The van der Waals surface area contributed by atoms with Gasteiger partial charge in [0.25, 0.3) is 0 Å². The molecule has 1 unspecified atom stereocenters. The van der Waals surface area contributed by atoms with Crippen molar-refractivity contribution >= 4 is 5.97 Å². The maximum atomic E-state index is 11.4. The molecule has 0 aliphatic heterocycles. The molecule has 0 aromatic rings. The van der Waals surface area contributed by atoms with Gasteiger partial charge < -0.3 is 9.84 Å². The Bertz CT molecular complexity index is 247. The van der Waals surface area contributed by atoms with Gasteiger partial charge >= 0.3 is 5.97 Å². The Morgan fingerprint density at radius 2 is 2.14 bits per heavy atom. The van der Waals surface area contributed by atoms with Crippen LogP contribution in [0.1, 0.15) is 27.7 Å². The molecule has 0 heterocycles. The first-order valence-electron chi connectivity index (χ1n) is 4.74. The first kappa shape index (κ1) is 12.8. The second-order valence-electron chi connectivity index (χ2n) is 3.03. The second kappa shape index (κ2) is 6.24. The van der Waals surface area contributed by atoms with Gasteiger partial charge in [0.1, 0.15) is 5.76 Å². The molecule has 3 heteroatoms. The van der Waals surface area contributed by atoms with Gasteiger partial charge in [0.15, 0.2) is 0 Å². The third-order valence-electron chi connectivity index (χ3n) is 1.82. The Morgan fingerprint density at radius 1 is 1.57 bits per heavy atom. The third kappa shape index (κ3) is 3.64. The number of aliphatic hydroxyl groups excluding tert-OH is 1. The number of carbonyl (C=O) groups is 1. The molecular weight excluding hydrogens is 180 g/mol. The van der Waals surface area contributed by atoms with Crippen LogP contribution in [0.3, 0.4) is 0 Å². The van der Waals surface area contributed by atoms with Crippen LogP contribution in [0.5, 0.6) is 0 Å². The van der Waals surface area contributed by atoms with E-state index >= 15 is 0 Å². The van der Waals surface area contributed by atoms with E-state index in [0.29, 0.717) is 12.2 Å². The molecule has 14 heavy (non-hydrogen) atoms. The minimum Gasteiger partial charge on any atom is -0.512 e. The molecule has 0 amide bonds. The predicted molar refractivity (Wildman–Crippen MR) is 55.9 cm³/mol. The summed E-state index contributed by atoms with van der Waals surface area (Å²) < 4.78 is 4.84. The second-order valence-corrected chi connectivity index (χ2v) is 3.03. The highest BCUT2D eigenvalue weighted by Crippen LogP contribution is 2.17. The zero-order chi connectivity index (χ0) is 11.1. The van der Waals surface area contributed by atoms with Crippen molar-refractivity contribution in [1.82, 2.24) is 0 Å². The highest BCUT2D eigenvalue weighted by atomic mass is 16.5. The number of esters is 1. The number of hydrogen-bond acceptors (Lipinski definition) is 3. The molecule has 0 saturated heterocycles. The molecule has 80 valence electrons. The maximum Gasteiger partial charge on any atom is 0.337 e. The van der Waals surface area contributed by atoms with E-state index in [0.717, 1.165) is 0 Å². The molecule has 0 aliphatic carbocycles. The van der Waals surface area contributed by atoms with E-state index in [-0.39, 0.29) is 11.7 Å². The van der Waals surface area contributed by atoms with E-state index in [4.69, 9.17) is 4.74 Å². The summed E-state index contributed by atoms with van der Waals surface area (Å²) in [5.74, 6) is -0.545. The topological polar surface area (TPSA) is 46.5 Å². The van der Waals surface area contributed by atoms with E-state index in [1.165, 1.54) is 6.92 Å². The quantitative estimate of drug-likeness (QED) is 0.327. The predicted octanol–water partition coefficient (Wildman–Crippen LogP) is 2.59. The minimum absolute atomic E-state index is 0.0223. The summed E-state index contributed by atoms with van der Waals surface area (Å²) in [6.07, 6.45) is 3.68. The molecule has 0 radical (unpaired) electrons. The number of ether oxygens (including phenoxy) is 1. The van der Waals surface area contributed by atoms with Gasteiger partial charge in [-0.25, -0.2) is 4.79 Å². The molecule has 0 bridgehead atoms. The average molecular weight is 198 g/mol. The summed E-state index contributed by atoms with van der Waals surface area (Å²) in [4.78, 5) is 11.4. The highest BCUT2D eigenvalue weighted by Gasteiger charge is 2.18. The van der Waals surface area contributed by atoms with Crippen LogP contribution in [0.15, 0.2) is 23.5 Å². The molecule has 0 saturated carbocycles. The maximum absolute atomic E-state index is 11.4. The molecule has 0 fully saturated rings. The van der Waals surface area contributed by atoms with Gasteiger partial charge in [-0.1, -0.05) is 19.1 Å². The van der Waals surface area contributed by atoms with Crippen molar-refractivity contribution in [1.29, 1.82) is 0 Å². The van der Waals surface area contributed by atoms with Crippen molar-refractivity contribution < 1.29 is 14.6 Å². The van der Waals surface area contributed by atoms with Gasteiger partial charge in [0, 0.05) is 5.92 Å². The molecule has 3 nitrogen and oxygen atoms in total. The van der Waals surface area contributed by atoms with Crippen LogP contribution in [-0.2, 0) is 9.53 Å². The SMILES string of the molecule is C/C=C/C(C)/C(C(=O)OCC)=C(/C)O. The van der Waals surface area contributed by atoms with Crippen LogP contribution in [-0.4, -0.2) is 17.7 Å². The largest absolute Gasteiger partial charge is 0.512 e. The Labute approximate surface area is 85.1 Å².